The van der Waals surface area contributed by atoms with Gasteiger partial charge in [0, 0.05) is 28.8 Å². The highest BCUT2D eigenvalue weighted by Gasteiger charge is 2.29. The zero-order chi connectivity index (χ0) is 16.3. The van der Waals surface area contributed by atoms with Crippen molar-refractivity contribution in [2.45, 2.75) is 32.6 Å². The van der Waals surface area contributed by atoms with Crippen LogP contribution in [0.2, 0.25) is 0 Å². The van der Waals surface area contributed by atoms with E-state index in [0.29, 0.717) is 5.75 Å². The van der Waals surface area contributed by atoms with Crippen LogP contribution < -0.4 is 3.79 Å². The summed E-state index contributed by atoms with van der Waals surface area (Å²) in [6.07, 6.45) is 0.845. The van der Waals surface area contributed by atoms with E-state index in [1.807, 2.05) is 39.0 Å². The highest BCUT2D eigenvalue weighted by atomic mass is 27.1. The minimum Gasteiger partial charge on any atom is -0.650 e. The van der Waals surface area contributed by atoms with E-state index in [1.54, 1.807) is 12.1 Å². The third-order valence-electron chi connectivity index (χ3n) is 3.81. The second-order valence-corrected chi connectivity index (χ2v) is 5.86. The molecule has 1 heterocycles. The Morgan fingerprint density at radius 2 is 2.05 bits per heavy atom. The summed E-state index contributed by atoms with van der Waals surface area (Å²) < 4.78 is 5.42. The lowest BCUT2D eigenvalue weighted by molar-refractivity contribution is -0.385. The van der Waals surface area contributed by atoms with Gasteiger partial charge < -0.3 is 3.79 Å². The first-order chi connectivity index (χ1) is 10.4. The Hall–Kier alpha value is -1.90. The van der Waals surface area contributed by atoms with Crippen LogP contribution in [0, 0.1) is 10.1 Å². The Bertz CT molecular complexity index is 702. The van der Waals surface area contributed by atoms with Crippen LogP contribution in [0.3, 0.4) is 0 Å². The van der Waals surface area contributed by atoms with Crippen molar-refractivity contribution >= 4 is 22.3 Å². The molecule has 113 valence electrons. The topological polar surface area (TPSA) is 65.3 Å². The number of hydrogen-bond donors (Lipinski definition) is 0. The largest absolute Gasteiger partial charge is 0.650 e. The normalized spacial score (nSPS) is 11.2. The average Bonchev–Trinajstić information content (AvgIpc) is 2.54. The fourth-order valence-corrected chi connectivity index (χ4v) is 2.66. The lowest BCUT2D eigenvalue weighted by Crippen LogP contribution is -2.22. The molecule has 1 aromatic carbocycles. The van der Waals surface area contributed by atoms with Gasteiger partial charge in [-0.25, -0.2) is 0 Å². The molecule has 22 heavy (non-hydrogen) atoms. The van der Waals surface area contributed by atoms with E-state index in [-0.39, 0.29) is 5.69 Å². The van der Waals surface area contributed by atoms with Crippen LogP contribution in [-0.2, 0) is 11.8 Å². The van der Waals surface area contributed by atoms with Gasteiger partial charge in [0.2, 0.25) is 0 Å². The Labute approximate surface area is 138 Å². The quantitative estimate of drug-likeness (QED) is 0.483. The lowest BCUT2D eigenvalue weighted by Gasteiger charge is -2.27. The maximum Gasteiger partial charge on any atom is 0.494 e. The molecule has 0 atom stereocenters. The number of nitro benzene ring substituents is 1. The molecule has 0 saturated carbocycles. The molecule has 0 amide bonds. The maximum atomic E-state index is 11.1. The molecule has 2 aromatic rings. The number of non-ortho nitro benzene ring substituents is 1. The first-order valence-corrected chi connectivity index (χ1v) is 7.65. The number of rotatable bonds is 5. The van der Waals surface area contributed by atoms with Crippen LogP contribution >= 0.6 is 0 Å². The van der Waals surface area contributed by atoms with E-state index < -0.39 is 10.3 Å². The van der Waals surface area contributed by atoms with Crippen molar-refractivity contribution < 1.29 is 8.71 Å². The van der Waals surface area contributed by atoms with Crippen LogP contribution in [0.25, 0.3) is 0 Å². The van der Waals surface area contributed by atoms with Crippen molar-refractivity contribution in [2.75, 3.05) is 0 Å². The predicted molar refractivity (Wildman–Crippen MR) is 86.6 cm³/mol. The summed E-state index contributed by atoms with van der Waals surface area (Å²) in [5.74, 6) is 0.637. The molecule has 0 N–H and O–H groups in total. The van der Waals surface area contributed by atoms with Gasteiger partial charge in [-0.3, -0.25) is 15.1 Å². The summed E-state index contributed by atoms with van der Waals surface area (Å²) in [7, 11) is 0. The van der Waals surface area contributed by atoms with Gasteiger partial charge in [-0.15, -0.1) is 0 Å². The number of nitrogens with zero attached hydrogens (tertiary/aromatic N) is 2. The Kier molecular flexibility index (Phi) is 4.85. The molecule has 0 aliphatic rings. The van der Waals surface area contributed by atoms with Crippen molar-refractivity contribution in [2.24, 2.45) is 0 Å². The summed E-state index contributed by atoms with van der Waals surface area (Å²) in [5.41, 5.74) is 2.19. The van der Waals surface area contributed by atoms with Gasteiger partial charge in [0.05, 0.1) is 16.4 Å². The number of benzene rings is 1. The summed E-state index contributed by atoms with van der Waals surface area (Å²) >= 11 is 1.36. The second kappa shape index (κ2) is 6.47. The molecule has 0 aliphatic heterocycles. The predicted octanol–water partition coefficient (Wildman–Crippen LogP) is 3.07. The summed E-state index contributed by atoms with van der Waals surface area (Å²) in [4.78, 5) is 15.3. The smallest absolute Gasteiger partial charge is 0.494 e. The van der Waals surface area contributed by atoms with E-state index in [2.05, 4.69) is 4.98 Å². The molecule has 6 heteroatoms. The maximum absolute atomic E-state index is 11.1. The average molecular weight is 313 g/mol. The van der Waals surface area contributed by atoms with Crippen LogP contribution in [0.5, 0.6) is 5.75 Å². The SMILES string of the molecule is CCc1cccc(C(C)(C)c2cc([N+](=O)[O-])ccc2[O][AlH])n1. The standard InChI is InChI=1S/C16H18N2O3.Al.H/c1-4-11-6-5-7-15(17-11)16(2,3)13-10-12(18(20)21)8-9-14(13)19;;/h5-10,19H,4H2,1-3H3;;/q;+1;/p-1. The Balaban J connectivity index is 2.60. The molecular formula is C16H18AlN2O3. The number of hydrogen-bond acceptors (Lipinski definition) is 4. The Morgan fingerprint density at radius 3 is 2.64 bits per heavy atom. The molecule has 0 fully saturated rings. The number of aryl methyl sites for hydroxylation is 1. The van der Waals surface area contributed by atoms with Gasteiger partial charge in [-0.2, -0.15) is 0 Å². The van der Waals surface area contributed by atoms with Gasteiger partial charge in [0.1, 0.15) is 0 Å². The van der Waals surface area contributed by atoms with E-state index in [1.165, 1.54) is 22.7 Å². The highest BCUT2D eigenvalue weighted by Crippen LogP contribution is 2.38. The molecule has 1 aromatic heterocycles. The van der Waals surface area contributed by atoms with Crippen LogP contribution in [0.4, 0.5) is 5.69 Å². The van der Waals surface area contributed by atoms with Gasteiger partial charge in [0.25, 0.3) is 5.69 Å². The first kappa shape index (κ1) is 16.5. The van der Waals surface area contributed by atoms with E-state index >= 15 is 0 Å². The van der Waals surface area contributed by atoms with Crippen molar-refractivity contribution in [3.05, 3.63) is 63.5 Å². The van der Waals surface area contributed by atoms with Crippen molar-refractivity contribution in [3.63, 3.8) is 0 Å². The molecule has 0 spiro atoms. The van der Waals surface area contributed by atoms with E-state index in [0.717, 1.165) is 23.4 Å². The van der Waals surface area contributed by atoms with Gasteiger partial charge in [0.15, 0.2) is 0 Å². The molecular weight excluding hydrogens is 295 g/mol. The summed E-state index contributed by atoms with van der Waals surface area (Å²) in [5, 5.41) is 11.1. The van der Waals surface area contributed by atoms with E-state index in [9.17, 15) is 10.1 Å². The third-order valence-corrected chi connectivity index (χ3v) is 4.12. The zero-order valence-corrected chi connectivity index (χ0v) is 14.4. The number of nitro groups is 1. The Morgan fingerprint density at radius 1 is 1.32 bits per heavy atom. The fourth-order valence-electron chi connectivity index (χ4n) is 2.41. The second-order valence-electron chi connectivity index (χ2n) is 5.57. The van der Waals surface area contributed by atoms with Crippen LogP contribution in [0.1, 0.15) is 37.7 Å². The molecule has 0 bridgehead atoms. The minimum atomic E-state index is -0.493. The summed E-state index contributed by atoms with van der Waals surface area (Å²) in [6.45, 7) is 6.05. The van der Waals surface area contributed by atoms with Crippen molar-refractivity contribution in [3.8, 4) is 5.75 Å². The monoisotopic (exact) mass is 313 g/mol. The lowest BCUT2D eigenvalue weighted by atomic mass is 9.80. The van der Waals surface area contributed by atoms with Crippen LogP contribution in [-0.4, -0.2) is 26.5 Å². The van der Waals surface area contributed by atoms with Crippen molar-refractivity contribution in [1.29, 1.82) is 0 Å². The van der Waals surface area contributed by atoms with Crippen molar-refractivity contribution in [1.82, 2.24) is 4.98 Å². The van der Waals surface area contributed by atoms with E-state index in [4.69, 9.17) is 3.79 Å². The van der Waals surface area contributed by atoms with Crippen LogP contribution in [0.15, 0.2) is 36.4 Å². The summed E-state index contributed by atoms with van der Waals surface area (Å²) in [6, 6.07) is 10.6. The number of aromatic nitrogens is 1. The molecule has 2 rings (SSSR count). The third kappa shape index (κ3) is 3.13. The first-order valence-electron chi connectivity index (χ1n) is 7.07. The highest BCUT2D eigenvalue weighted by molar-refractivity contribution is 6.00. The minimum absolute atomic E-state index is 0.0545. The fraction of sp³-hybridized carbons (Fsp3) is 0.312. The molecule has 1 radical (unpaired) electrons. The van der Waals surface area contributed by atoms with Gasteiger partial charge in [-0.05, 0) is 24.6 Å². The molecule has 0 unspecified atom stereocenters. The van der Waals surface area contributed by atoms with Gasteiger partial charge >= 0.3 is 16.6 Å². The molecule has 0 aliphatic carbocycles. The molecule has 0 saturated heterocycles. The molecule has 5 nitrogen and oxygen atoms in total. The zero-order valence-electron chi connectivity index (χ0n) is 13.0. The van der Waals surface area contributed by atoms with Gasteiger partial charge in [-0.1, -0.05) is 26.8 Å². The number of pyridine rings is 1.